The number of hydrogen-bond donors (Lipinski definition) is 1. The molecule has 2 atom stereocenters. The lowest BCUT2D eigenvalue weighted by molar-refractivity contribution is -0.142. The van der Waals surface area contributed by atoms with Crippen LogP contribution in [0.4, 0.5) is 0 Å². The highest BCUT2D eigenvalue weighted by Gasteiger charge is 2.35. The standard InChI is InChI=1S/C15H23NO2/c1-5-13(16)15(3,10-14(17)18-4)12-8-6-11(2)7-9-12/h6-9,13H,5,10,16H2,1-4H3. The van der Waals surface area contributed by atoms with Crippen molar-refractivity contribution in [2.45, 2.75) is 45.1 Å². The Morgan fingerprint density at radius 3 is 2.39 bits per heavy atom. The molecule has 2 unspecified atom stereocenters. The van der Waals surface area contributed by atoms with E-state index in [0.29, 0.717) is 6.42 Å². The Hall–Kier alpha value is -1.35. The fourth-order valence-electron chi connectivity index (χ4n) is 2.20. The molecule has 1 aromatic rings. The van der Waals surface area contributed by atoms with Crippen molar-refractivity contribution in [1.29, 1.82) is 0 Å². The number of nitrogens with two attached hydrogens (primary N) is 1. The highest BCUT2D eigenvalue weighted by atomic mass is 16.5. The van der Waals surface area contributed by atoms with E-state index in [0.717, 1.165) is 12.0 Å². The molecule has 3 nitrogen and oxygen atoms in total. The number of ether oxygens (including phenoxy) is 1. The summed E-state index contributed by atoms with van der Waals surface area (Å²) < 4.78 is 4.79. The van der Waals surface area contributed by atoms with Crippen molar-refractivity contribution < 1.29 is 9.53 Å². The predicted octanol–water partition coefficient (Wildman–Crippen LogP) is 2.55. The average molecular weight is 249 g/mol. The number of aryl methyl sites for hydroxylation is 1. The number of carbonyl (C=O) groups is 1. The molecule has 0 spiro atoms. The van der Waals surface area contributed by atoms with Crippen molar-refractivity contribution in [3.63, 3.8) is 0 Å². The zero-order valence-electron chi connectivity index (χ0n) is 11.7. The summed E-state index contributed by atoms with van der Waals surface area (Å²) in [4.78, 5) is 11.6. The van der Waals surface area contributed by atoms with E-state index >= 15 is 0 Å². The fourth-order valence-corrected chi connectivity index (χ4v) is 2.20. The van der Waals surface area contributed by atoms with Crippen LogP contribution in [0.5, 0.6) is 0 Å². The third-order valence-corrected chi connectivity index (χ3v) is 3.71. The van der Waals surface area contributed by atoms with E-state index in [2.05, 4.69) is 0 Å². The summed E-state index contributed by atoms with van der Waals surface area (Å²) in [5.74, 6) is -0.220. The third-order valence-electron chi connectivity index (χ3n) is 3.71. The Morgan fingerprint density at radius 2 is 1.94 bits per heavy atom. The molecule has 0 aliphatic rings. The zero-order valence-corrected chi connectivity index (χ0v) is 11.7. The van der Waals surface area contributed by atoms with Crippen molar-refractivity contribution in [1.82, 2.24) is 0 Å². The molecular weight excluding hydrogens is 226 g/mol. The number of methoxy groups -OCH3 is 1. The maximum atomic E-state index is 11.6. The van der Waals surface area contributed by atoms with Gasteiger partial charge in [-0.3, -0.25) is 4.79 Å². The molecule has 3 heteroatoms. The Kier molecular flexibility index (Phi) is 4.91. The van der Waals surface area contributed by atoms with Gasteiger partial charge in [0.05, 0.1) is 13.5 Å². The van der Waals surface area contributed by atoms with E-state index in [1.165, 1.54) is 12.7 Å². The molecule has 1 rings (SSSR count). The molecule has 0 heterocycles. The van der Waals surface area contributed by atoms with Crippen LogP contribution in [0.1, 0.15) is 37.8 Å². The number of hydrogen-bond acceptors (Lipinski definition) is 3. The number of carbonyl (C=O) groups excluding carboxylic acids is 1. The number of esters is 1. The van der Waals surface area contributed by atoms with Crippen LogP contribution in [0.2, 0.25) is 0 Å². The molecule has 0 aliphatic heterocycles. The van der Waals surface area contributed by atoms with E-state index in [4.69, 9.17) is 10.5 Å². The van der Waals surface area contributed by atoms with Crippen molar-refractivity contribution >= 4 is 5.97 Å². The summed E-state index contributed by atoms with van der Waals surface area (Å²) in [5, 5.41) is 0. The lowest BCUT2D eigenvalue weighted by Crippen LogP contribution is -2.44. The summed E-state index contributed by atoms with van der Waals surface area (Å²) in [7, 11) is 1.41. The summed E-state index contributed by atoms with van der Waals surface area (Å²) in [5.41, 5.74) is 8.13. The Labute approximate surface area is 109 Å². The second-order valence-corrected chi connectivity index (χ2v) is 5.05. The number of rotatable bonds is 5. The molecule has 1 aromatic carbocycles. The van der Waals surface area contributed by atoms with Gasteiger partial charge in [0.1, 0.15) is 0 Å². The minimum Gasteiger partial charge on any atom is -0.469 e. The van der Waals surface area contributed by atoms with Gasteiger partial charge in [-0.05, 0) is 18.9 Å². The monoisotopic (exact) mass is 249 g/mol. The first-order valence-electron chi connectivity index (χ1n) is 6.33. The topological polar surface area (TPSA) is 52.3 Å². The first kappa shape index (κ1) is 14.7. The average Bonchev–Trinajstić information content (AvgIpc) is 2.38. The maximum absolute atomic E-state index is 11.6. The van der Waals surface area contributed by atoms with Gasteiger partial charge in [0, 0.05) is 11.5 Å². The lowest BCUT2D eigenvalue weighted by atomic mass is 9.72. The van der Waals surface area contributed by atoms with Crippen LogP contribution in [0.3, 0.4) is 0 Å². The second-order valence-electron chi connectivity index (χ2n) is 5.05. The SMILES string of the molecule is CCC(N)C(C)(CC(=O)OC)c1ccc(C)cc1. The van der Waals surface area contributed by atoms with Crippen molar-refractivity contribution in [3.05, 3.63) is 35.4 Å². The van der Waals surface area contributed by atoms with Gasteiger partial charge < -0.3 is 10.5 Å². The first-order valence-corrected chi connectivity index (χ1v) is 6.33. The normalized spacial score (nSPS) is 15.8. The molecule has 0 bridgehead atoms. The summed E-state index contributed by atoms with van der Waals surface area (Å²) >= 11 is 0. The van der Waals surface area contributed by atoms with Gasteiger partial charge in [-0.2, -0.15) is 0 Å². The van der Waals surface area contributed by atoms with Crippen LogP contribution in [0.25, 0.3) is 0 Å². The molecular formula is C15H23NO2. The van der Waals surface area contributed by atoms with Crippen LogP contribution >= 0.6 is 0 Å². The minimum atomic E-state index is -0.379. The first-order chi connectivity index (χ1) is 8.43. The van der Waals surface area contributed by atoms with Crippen LogP contribution in [0.15, 0.2) is 24.3 Å². The van der Waals surface area contributed by atoms with Gasteiger partial charge in [-0.25, -0.2) is 0 Å². The van der Waals surface area contributed by atoms with Crippen molar-refractivity contribution in [3.8, 4) is 0 Å². The summed E-state index contributed by atoms with van der Waals surface area (Å²) in [6.45, 7) is 6.11. The minimum absolute atomic E-state index is 0.0701. The predicted molar refractivity (Wildman–Crippen MR) is 73.4 cm³/mol. The van der Waals surface area contributed by atoms with Crippen molar-refractivity contribution in [2.75, 3.05) is 7.11 Å². The van der Waals surface area contributed by atoms with Gasteiger partial charge >= 0.3 is 5.97 Å². The Morgan fingerprint density at radius 1 is 1.39 bits per heavy atom. The van der Waals surface area contributed by atoms with E-state index in [1.807, 2.05) is 45.0 Å². The summed E-state index contributed by atoms with van der Waals surface area (Å²) in [6, 6.07) is 8.13. The molecule has 0 saturated carbocycles. The maximum Gasteiger partial charge on any atom is 0.306 e. The molecule has 0 amide bonds. The van der Waals surface area contributed by atoms with Crippen LogP contribution in [-0.2, 0) is 14.9 Å². The second kappa shape index (κ2) is 6.01. The molecule has 0 radical (unpaired) electrons. The van der Waals surface area contributed by atoms with Gasteiger partial charge in [0.15, 0.2) is 0 Å². The summed E-state index contributed by atoms with van der Waals surface area (Å²) in [6.07, 6.45) is 1.13. The van der Waals surface area contributed by atoms with Crippen LogP contribution in [0, 0.1) is 6.92 Å². The van der Waals surface area contributed by atoms with Gasteiger partial charge in [-0.1, -0.05) is 43.7 Å². The van der Waals surface area contributed by atoms with E-state index < -0.39 is 0 Å². The van der Waals surface area contributed by atoms with E-state index in [-0.39, 0.29) is 17.4 Å². The van der Waals surface area contributed by atoms with Crippen molar-refractivity contribution in [2.24, 2.45) is 5.73 Å². The molecule has 2 N–H and O–H groups in total. The van der Waals surface area contributed by atoms with Crippen LogP contribution in [-0.4, -0.2) is 19.1 Å². The molecule has 100 valence electrons. The Balaban J connectivity index is 3.11. The third kappa shape index (κ3) is 3.10. The van der Waals surface area contributed by atoms with E-state index in [9.17, 15) is 4.79 Å². The van der Waals surface area contributed by atoms with E-state index in [1.54, 1.807) is 0 Å². The molecule has 0 aliphatic carbocycles. The van der Waals surface area contributed by atoms with Crippen LogP contribution < -0.4 is 5.73 Å². The largest absolute Gasteiger partial charge is 0.469 e. The zero-order chi connectivity index (χ0) is 13.8. The quantitative estimate of drug-likeness (QED) is 0.816. The fraction of sp³-hybridized carbons (Fsp3) is 0.533. The lowest BCUT2D eigenvalue weighted by Gasteiger charge is -2.35. The highest BCUT2D eigenvalue weighted by Crippen LogP contribution is 2.32. The smallest absolute Gasteiger partial charge is 0.306 e. The molecule has 0 saturated heterocycles. The van der Waals surface area contributed by atoms with Gasteiger partial charge in [0.25, 0.3) is 0 Å². The molecule has 0 aromatic heterocycles. The molecule has 18 heavy (non-hydrogen) atoms. The molecule has 0 fully saturated rings. The number of benzene rings is 1. The van der Waals surface area contributed by atoms with Gasteiger partial charge in [-0.15, -0.1) is 0 Å². The highest BCUT2D eigenvalue weighted by molar-refractivity contribution is 5.71. The van der Waals surface area contributed by atoms with Gasteiger partial charge in [0.2, 0.25) is 0 Å². The Bertz CT molecular complexity index is 399.